The molecule has 0 bridgehead atoms. The van der Waals surface area contributed by atoms with Crippen LogP contribution in [0.3, 0.4) is 0 Å². The Morgan fingerprint density at radius 3 is 2.71 bits per heavy atom. The van der Waals surface area contributed by atoms with Gasteiger partial charge in [0.15, 0.2) is 0 Å². The second-order valence-corrected chi connectivity index (χ2v) is 4.46. The highest BCUT2D eigenvalue weighted by molar-refractivity contribution is 5.74. The summed E-state index contributed by atoms with van der Waals surface area (Å²) < 4.78 is 0. The molecule has 1 aromatic heterocycles. The van der Waals surface area contributed by atoms with Crippen molar-refractivity contribution < 1.29 is 0 Å². The number of pyridine rings is 1. The van der Waals surface area contributed by atoms with Crippen LogP contribution >= 0.6 is 0 Å². The van der Waals surface area contributed by atoms with Gasteiger partial charge in [0, 0.05) is 18.6 Å². The molecule has 0 N–H and O–H groups in total. The van der Waals surface area contributed by atoms with Crippen LogP contribution < -0.4 is 0 Å². The molecule has 1 unspecified atom stereocenters. The minimum absolute atomic E-state index is 0.560. The third kappa shape index (κ3) is 1.86. The first-order chi connectivity index (χ1) is 8.34. The molecule has 2 aromatic rings. The maximum absolute atomic E-state index is 4.44. The Labute approximate surface area is 101 Å². The normalized spacial score (nSPS) is 17.8. The number of aromatic nitrogens is 1. The average Bonchev–Trinajstić information content (AvgIpc) is 2.40. The van der Waals surface area contributed by atoms with Gasteiger partial charge in [-0.15, -0.1) is 0 Å². The highest BCUT2D eigenvalue weighted by atomic mass is 14.7. The Morgan fingerprint density at radius 2 is 1.88 bits per heavy atom. The Balaban J connectivity index is 2.10. The molecule has 0 amide bonds. The molecule has 1 atom stereocenters. The molecule has 2 nitrogen and oxygen atoms in total. The first-order valence-corrected chi connectivity index (χ1v) is 5.91. The van der Waals surface area contributed by atoms with E-state index in [1.807, 2.05) is 30.7 Å². The molecule has 0 saturated carbocycles. The second kappa shape index (κ2) is 4.13. The molecule has 0 spiro atoms. The van der Waals surface area contributed by atoms with Crippen molar-refractivity contribution in [1.29, 1.82) is 0 Å². The van der Waals surface area contributed by atoms with E-state index in [1.165, 1.54) is 16.7 Å². The molecule has 17 heavy (non-hydrogen) atoms. The molecule has 1 aliphatic rings. The molecule has 2 heteroatoms. The lowest BCUT2D eigenvalue weighted by Gasteiger charge is -2.17. The minimum atomic E-state index is 0.560. The summed E-state index contributed by atoms with van der Waals surface area (Å²) in [6.07, 6.45) is 6.71. The van der Waals surface area contributed by atoms with Crippen LogP contribution in [0.25, 0.3) is 11.1 Å². The van der Waals surface area contributed by atoms with Gasteiger partial charge in [-0.05, 0) is 53.3 Å². The number of nitrogens with zero attached hydrogens (tertiary/aromatic N) is 2. The summed E-state index contributed by atoms with van der Waals surface area (Å²) >= 11 is 0. The predicted octanol–water partition coefficient (Wildman–Crippen LogP) is 3.96. The fourth-order valence-corrected chi connectivity index (χ4v) is 2.23. The highest BCUT2D eigenvalue weighted by Gasteiger charge is 2.14. The summed E-state index contributed by atoms with van der Waals surface area (Å²) in [5.74, 6) is 0.560. The monoisotopic (exact) mass is 222 g/mol. The number of fused-ring (bicyclic) bond motifs is 1. The number of aliphatic imine (C=N–C) groups is 1. The smallest absolute Gasteiger partial charge is 0.0660 e. The van der Waals surface area contributed by atoms with Gasteiger partial charge in [-0.25, -0.2) is 0 Å². The van der Waals surface area contributed by atoms with Crippen LogP contribution in [-0.4, -0.2) is 11.2 Å². The summed E-state index contributed by atoms with van der Waals surface area (Å²) in [7, 11) is 0. The highest BCUT2D eigenvalue weighted by Crippen LogP contribution is 2.35. The van der Waals surface area contributed by atoms with E-state index in [4.69, 9.17) is 0 Å². The maximum Gasteiger partial charge on any atom is 0.0660 e. The van der Waals surface area contributed by atoms with Crippen molar-refractivity contribution in [3.63, 3.8) is 0 Å². The van der Waals surface area contributed by atoms with Gasteiger partial charge in [0.2, 0.25) is 0 Å². The lowest BCUT2D eigenvalue weighted by atomic mass is 9.91. The molecule has 84 valence electrons. The second-order valence-electron chi connectivity index (χ2n) is 4.46. The molecule has 0 radical (unpaired) electrons. The van der Waals surface area contributed by atoms with E-state index in [1.54, 1.807) is 0 Å². The number of rotatable bonds is 1. The molecule has 2 heterocycles. The van der Waals surface area contributed by atoms with E-state index in [0.717, 1.165) is 12.1 Å². The maximum atomic E-state index is 4.44. The van der Waals surface area contributed by atoms with Crippen molar-refractivity contribution in [3.8, 4) is 11.1 Å². The minimum Gasteiger partial charge on any atom is -0.265 e. The molecular weight excluding hydrogens is 208 g/mol. The van der Waals surface area contributed by atoms with E-state index < -0.39 is 0 Å². The van der Waals surface area contributed by atoms with Crippen LogP contribution in [0.4, 0.5) is 5.69 Å². The van der Waals surface area contributed by atoms with E-state index in [9.17, 15) is 0 Å². The third-order valence-corrected chi connectivity index (χ3v) is 3.26. The molecule has 1 aromatic carbocycles. The largest absolute Gasteiger partial charge is 0.265 e. The van der Waals surface area contributed by atoms with Crippen LogP contribution in [0.2, 0.25) is 0 Å². The SMILES string of the molecule is CC1CC=Nc2ccc(-c3ccncc3)cc21. The predicted molar refractivity (Wildman–Crippen MR) is 70.9 cm³/mol. The van der Waals surface area contributed by atoms with Gasteiger partial charge in [0.1, 0.15) is 0 Å². The Morgan fingerprint density at radius 1 is 1.06 bits per heavy atom. The molecule has 0 aliphatic carbocycles. The van der Waals surface area contributed by atoms with Gasteiger partial charge in [0.05, 0.1) is 5.69 Å². The summed E-state index contributed by atoms with van der Waals surface area (Å²) in [6, 6.07) is 10.6. The van der Waals surface area contributed by atoms with Crippen LogP contribution in [0.15, 0.2) is 47.7 Å². The Bertz CT molecular complexity index is 558. The third-order valence-electron chi connectivity index (χ3n) is 3.26. The molecule has 0 saturated heterocycles. The van der Waals surface area contributed by atoms with Crippen LogP contribution in [0.1, 0.15) is 24.8 Å². The number of benzene rings is 1. The van der Waals surface area contributed by atoms with E-state index in [-0.39, 0.29) is 0 Å². The van der Waals surface area contributed by atoms with Crippen molar-refractivity contribution in [2.24, 2.45) is 4.99 Å². The van der Waals surface area contributed by atoms with Gasteiger partial charge in [-0.1, -0.05) is 13.0 Å². The molecule has 1 aliphatic heterocycles. The van der Waals surface area contributed by atoms with Crippen LogP contribution in [-0.2, 0) is 0 Å². The number of hydrogen-bond acceptors (Lipinski definition) is 2. The summed E-state index contributed by atoms with van der Waals surface area (Å²) in [4.78, 5) is 8.49. The van der Waals surface area contributed by atoms with Crippen molar-refractivity contribution in [2.45, 2.75) is 19.3 Å². The summed E-state index contributed by atoms with van der Waals surface area (Å²) in [5, 5.41) is 0. The van der Waals surface area contributed by atoms with E-state index >= 15 is 0 Å². The first kappa shape index (κ1) is 10.2. The van der Waals surface area contributed by atoms with Crippen molar-refractivity contribution in [3.05, 3.63) is 48.3 Å². The van der Waals surface area contributed by atoms with Crippen molar-refractivity contribution in [2.75, 3.05) is 0 Å². The zero-order valence-corrected chi connectivity index (χ0v) is 9.80. The van der Waals surface area contributed by atoms with Crippen LogP contribution in [0.5, 0.6) is 0 Å². The van der Waals surface area contributed by atoms with Gasteiger partial charge in [-0.2, -0.15) is 0 Å². The topological polar surface area (TPSA) is 25.2 Å². The fraction of sp³-hybridized carbons (Fsp3) is 0.200. The van der Waals surface area contributed by atoms with Crippen molar-refractivity contribution >= 4 is 11.9 Å². The fourth-order valence-electron chi connectivity index (χ4n) is 2.23. The molecular formula is C15H14N2. The zero-order valence-electron chi connectivity index (χ0n) is 9.80. The van der Waals surface area contributed by atoms with Gasteiger partial charge in [-0.3, -0.25) is 9.98 Å². The average molecular weight is 222 g/mol. The standard InChI is InChI=1S/C15H14N2/c1-11-4-9-17-15-3-2-13(10-14(11)15)12-5-7-16-8-6-12/h2-3,5-11H,4H2,1H3. The summed E-state index contributed by atoms with van der Waals surface area (Å²) in [5.41, 5.74) is 4.92. The van der Waals surface area contributed by atoms with E-state index in [0.29, 0.717) is 5.92 Å². The van der Waals surface area contributed by atoms with Gasteiger partial charge >= 0.3 is 0 Å². The lowest BCUT2D eigenvalue weighted by Crippen LogP contribution is -2.00. The van der Waals surface area contributed by atoms with Gasteiger partial charge < -0.3 is 0 Å². The Kier molecular flexibility index (Phi) is 2.48. The van der Waals surface area contributed by atoms with Crippen molar-refractivity contribution in [1.82, 2.24) is 4.98 Å². The lowest BCUT2D eigenvalue weighted by molar-refractivity contribution is 0.802. The van der Waals surface area contributed by atoms with Crippen LogP contribution in [0, 0.1) is 0 Å². The first-order valence-electron chi connectivity index (χ1n) is 5.91. The molecule has 0 fully saturated rings. The zero-order chi connectivity index (χ0) is 11.7. The summed E-state index contributed by atoms with van der Waals surface area (Å²) in [6.45, 7) is 2.25. The number of hydrogen-bond donors (Lipinski definition) is 0. The Hall–Kier alpha value is -1.96. The van der Waals surface area contributed by atoms with E-state index in [2.05, 4.69) is 35.1 Å². The quantitative estimate of drug-likeness (QED) is 0.717. The molecule has 3 rings (SSSR count). The van der Waals surface area contributed by atoms with Gasteiger partial charge in [0.25, 0.3) is 0 Å².